The SMILES string of the molecule is COC(=O)CC(NC(=O)[CH]1CC[CH2][Zn]1)C(C)C. The molecule has 2 unspecified atom stereocenters. The van der Waals surface area contributed by atoms with Gasteiger partial charge in [0.1, 0.15) is 0 Å². The fraction of sp³-hybridized carbons (Fsp3) is 0.833. The van der Waals surface area contributed by atoms with Crippen LogP contribution in [0, 0.1) is 5.92 Å². The van der Waals surface area contributed by atoms with E-state index in [0.29, 0.717) is 4.51 Å². The summed E-state index contributed by atoms with van der Waals surface area (Å²) in [5.41, 5.74) is 0. The number of methoxy groups -OCH3 is 1. The van der Waals surface area contributed by atoms with Crippen LogP contribution < -0.4 is 5.32 Å². The Labute approximate surface area is 110 Å². The van der Waals surface area contributed by atoms with Gasteiger partial charge in [0.15, 0.2) is 0 Å². The van der Waals surface area contributed by atoms with Crippen LogP contribution in [0.5, 0.6) is 0 Å². The first kappa shape index (κ1) is 14.6. The second kappa shape index (κ2) is 7.10. The van der Waals surface area contributed by atoms with Gasteiger partial charge in [0.2, 0.25) is 0 Å². The van der Waals surface area contributed by atoms with Gasteiger partial charge in [0, 0.05) is 0 Å². The molecule has 94 valence electrons. The van der Waals surface area contributed by atoms with Crippen molar-refractivity contribution in [3.8, 4) is 0 Å². The zero-order valence-electron chi connectivity index (χ0n) is 11.0. The summed E-state index contributed by atoms with van der Waals surface area (Å²) in [5.74, 6) is 0.189. The van der Waals surface area contributed by atoms with Crippen molar-refractivity contribution in [2.75, 3.05) is 7.11 Å². The fourth-order valence-corrected chi connectivity index (χ4v) is 6.46. The summed E-state index contributed by atoms with van der Waals surface area (Å²) in [5, 5.41) is 4.36. The van der Waals surface area contributed by atoms with Crippen LogP contribution in [-0.2, 0) is 31.5 Å². The molecule has 4 nitrogen and oxygen atoms in total. The molecule has 0 aromatic carbocycles. The first-order valence-corrected chi connectivity index (χ1v) is 10.2. The quantitative estimate of drug-likeness (QED) is 0.621. The van der Waals surface area contributed by atoms with Crippen molar-refractivity contribution in [2.24, 2.45) is 5.92 Å². The van der Waals surface area contributed by atoms with Gasteiger partial charge in [-0.2, -0.15) is 0 Å². The molecule has 0 spiro atoms. The summed E-state index contributed by atoms with van der Waals surface area (Å²) in [4.78, 5) is 23.3. The minimum atomic E-state index is -0.638. The topological polar surface area (TPSA) is 55.4 Å². The fourth-order valence-electron chi connectivity index (χ4n) is 2.20. The molecule has 0 aliphatic carbocycles. The first-order valence-electron chi connectivity index (χ1n) is 6.41. The van der Waals surface area contributed by atoms with Crippen LogP contribution in [-0.4, -0.2) is 25.0 Å². The van der Waals surface area contributed by atoms with Crippen molar-refractivity contribution in [1.82, 2.24) is 5.32 Å². The Morgan fingerprint density at radius 1 is 1.47 bits per heavy atom. The van der Waals surface area contributed by atoms with Crippen LogP contribution in [0.4, 0.5) is 0 Å². The Kier molecular flexibility index (Phi) is 6.11. The molecule has 1 aliphatic heterocycles. The van der Waals surface area contributed by atoms with Crippen molar-refractivity contribution >= 4 is 11.9 Å². The number of rotatable bonds is 5. The number of esters is 1. The molecule has 1 N–H and O–H groups in total. The molecule has 0 saturated carbocycles. The Hall–Kier alpha value is -0.437. The van der Waals surface area contributed by atoms with Gasteiger partial charge < -0.3 is 0 Å². The first-order chi connectivity index (χ1) is 8.04. The maximum atomic E-state index is 12.0. The number of carbonyl (C=O) groups is 2. The third-order valence-corrected chi connectivity index (χ3v) is 8.47. The molecule has 1 heterocycles. The average Bonchev–Trinajstić information content (AvgIpc) is 2.81. The van der Waals surface area contributed by atoms with E-state index in [0.717, 1.165) is 6.42 Å². The monoisotopic (exact) mass is 291 g/mol. The standard InChI is InChI=1S/C12H21NO3.Zn/c1-5-6-7-11(14)13-10(9(2)3)8-12(15)16-4;/h7,9-10H,1,5-6,8H2,2-4H3,(H,13,14);. The zero-order chi connectivity index (χ0) is 12.8. The summed E-state index contributed by atoms with van der Waals surface area (Å²) in [6.45, 7) is 4.04. The summed E-state index contributed by atoms with van der Waals surface area (Å²) in [6.07, 6.45) is 2.57. The van der Waals surface area contributed by atoms with E-state index in [1.165, 1.54) is 18.5 Å². The number of carbonyl (C=O) groups excluding carboxylic acids is 2. The Morgan fingerprint density at radius 2 is 2.18 bits per heavy atom. The number of ether oxygens (including phenoxy) is 1. The molecule has 1 fully saturated rings. The van der Waals surface area contributed by atoms with Crippen molar-refractivity contribution in [1.29, 1.82) is 0 Å². The molecule has 0 aromatic rings. The van der Waals surface area contributed by atoms with Gasteiger partial charge in [-0.3, -0.25) is 0 Å². The van der Waals surface area contributed by atoms with E-state index < -0.39 is 17.1 Å². The van der Waals surface area contributed by atoms with E-state index in [9.17, 15) is 9.59 Å². The molecule has 0 bridgehead atoms. The third kappa shape index (κ3) is 4.75. The average molecular weight is 293 g/mol. The molecule has 1 saturated heterocycles. The van der Waals surface area contributed by atoms with E-state index in [1.54, 1.807) is 0 Å². The van der Waals surface area contributed by atoms with Gasteiger partial charge in [0.05, 0.1) is 0 Å². The second-order valence-corrected chi connectivity index (χ2v) is 9.88. The van der Waals surface area contributed by atoms with Crippen LogP contribution in [0.25, 0.3) is 0 Å². The third-order valence-electron chi connectivity index (χ3n) is 3.47. The Bertz CT molecular complexity index is 275. The molecule has 17 heavy (non-hydrogen) atoms. The number of hydrogen-bond acceptors (Lipinski definition) is 3. The predicted octanol–water partition coefficient (Wildman–Crippen LogP) is 1.77. The molecule has 0 radical (unpaired) electrons. The molecular formula is C12H21NO3Zn. The van der Waals surface area contributed by atoms with Crippen LogP contribution in [0.1, 0.15) is 33.1 Å². The van der Waals surface area contributed by atoms with E-state index in [2.05, 4.69) is 10.1 Å². The van der Waals surface area contributed by atoms with Gasteiger partial charge in [-0.05, 0) is 0 Å². The van der Waals surface area contributed by atoms with Gasteiger partial charge in [0.25, 0.3) is 0 Å². The second-order valence-electron chi connectivity index (χ2n) is 5.12. The summed E-state index contributed by atoms with van der Waals surface area (Å²) < 4.78 is 4.99. The van der Waals surface area contributed by atoms with E-state index in [1.807, 2.05) is 13.8 Å². The minimum absolute atomic E-state index is 0.0852. The van der Waals surface area contributed by atoms with Gasteiger partial charge in [-0.25, -0.2) is 0 Å². The normalized spacial score (nSPS) is 20.4. The van der Waals surface area contributed by atoms with Gasteiger partial charge in [-0.1, -0.05) is 0 Å². The van der Waals surface area contributed by atoms with Crippen LogP contribution in [0.2, 0.25) is 9.53 Å². The molecule has 0 aromatic heterocycles. The van der Waals surface area contributed by atoms with Crippen molar-refractivity contribution in [3.63, 3.8) is 0 Å². The molecule has 1 amide bonds. The zero-order valence-corrected chi connectivity index (χ0v) is 14.0. The Balaban J connectivity index is 2.47. The van der Waals surface area contributed by atoms with Crippen molar-refractivity contribution in [2.45, 2.75) is 48.7 Å². The number of amides is 1. The summed E-state index contributed by atoms with van der Waals surface area (Å²) in [6, 6.07) is -0.0852. The van der Waals surface area contributed by atoms with Crippen LogP contribution in [0.3, 0.4) is 0 Å². The molecule has 2 atom stereocenters. The summed E-state index contributed by atoms with van der Waals surface area (Å²) in [7, 11) is 1.38. The predicted molar refractivity (Wildman–Crippen MR) is 61.2 cm³/mol. The molecule has 1 aliphatic rings. The van der Waals surface area contributed by atoms with Gasteiger partial charge in [-0.15, -0.1) is 0 Å². The number of hydrogen-bond donors (Lipinski definition) is 1. The Morgan fingerprint density at radius 3 is 2.65 bits per heavy atom. The number of nitrogens with one attached hydrogen (secondary N) is 1. The van der Waals surface area contributed by atoms with Crippen LogP contribution in [0.15, 0.2) is 0 Å². The maximum absolute atomic E-state index is 12.0. The molecule has 1 rings (SSSR count). The van der Waals surface area contributed by atoms with Crippen molar-refractivity contribution in [3.05, 3.63) is 0 Å². The van der Waals surface area contributed by atoms with Crippen molar-refractivity contribution < 1.29 is 31.5 Å². The van der Waals surface area contributed by atoms with E-state index >= 15 is 0 Å². The van der Waals surface area contributed by atoms with Crippen LogP contribution >= 0.6 is 0 Å². The molecular weight excluding hydrogens is 272 g/mol. The van der Waals surface area contributed by atoms with E-state index in [4.69, 9.17) is 0 Å². The summed E-state index contributed by atoms with van der Waals surface area (Å²) >= 11 is -0.638. The van der Waals surface area contributed by atoms with E-state index in [-0.39, 0.29) is 30.3 Å². The van der Waals surface area contributed by atoms with Gasteiger partial charge >= 0.3 is 110 Å². The molecule has 5 heteroatoms.